The fourth-order valence-electron chi connectivity index (χ4n) is 9.62. The average molecular weight is 831 g/mol. The summed E-state index contributed by atoms with van der Waals surface area (Å²) in [7, 11) is -1.66. The molecule has 9 rings (SSSR count). The van der Waals surface area contributed by atoms with Crippen molar-refractivity contribution in [2.75, 3.05) is 6.79 Å². The minimum Gasteiger partial charge on any atom is -0.457 e. The molecule has 0 N–H and O–H groups in total. The molecule has 0 amide bonds. The van der Waals surface area contributed by atoms with E-state index in [2.05, 4.69) is 211 Å². The molecular formula is C57H52O2P2. The third-order valence-electron chi connectivity index (χ3n) is 12.0. The van der Waals surface area contributed by atoms with Gasteiger partial charge in [0.2, 0.25) is 6.79 Å². The van der Waals surface area contributed by atoms with Gasteiger partial charge in [-0.1, -0.05) is 169 Å². The van der Waals surface area contributed by atoms with E-state index in [4.69, 9.17) is 9.47 Å². The minimum absolute atomic E-state index is 0.140. The molecule has 0 unspecified atom stereocenters. The number of hydrogen-bond acceptors (Lipinski definition) is 2. The summed E-state index contributed by atoms with van der Waals surface area (Å²) in [6.45, 7) is 13.6. The quantitative estimate of drug-likeness (QED) is 0.128. The van der Waals surface area contributed by atoms with Gasteiger partial charge in [-0.25, -0.2) is 0 Å². The number of hydrogen-bond donors (Lipinski definition) is 0. The molecule has 0 saturated carbocycles. The van der Waals surface area contributed by atoms with E-state index in [1.165, 1.54) is 88.0 Å². The molecule has 1 aliphatic heterocycles. The Kier molecular flexibility index (Phi) is 11.8. The van der Waals surface area contributed by atoms with Crippen molar-refractivity contribution in [3.05, 3.63) is 214 Å². The first-order valence-corrected chi connectivity index (χ1v) is 24.3. The van der Waals surface area contributed by atoms with Gasteiger partial charge in [0.05, 0.1) is 0 Å². The van der Waals surface area contributed by atoms with Crippen molar-refractivity contribution in [2.24, 2.45) is 0 Å². The Balaban J connectivity index is 1.40. The van der Waals surface area contributed by atoms with Gasteiger partial charge in [0.25, 0.3) is 0 Å². The van der Waals surface area contributed by atoms with E-state index in [0.717, 1.165) is 34.9 Å². The molecule has 0 aromatic heterocycles. The van der Waals surface area contributed by atoms with Crippen molar-refractivity contribution in [1.82, 2.24) is 0 Å². The maximum Gasteiger partial charge on any atom is 0.230 e. The fourth-order valence-corrected chi connectivity index (χ4v) is 14.4. The molecule has 0 saturated heterocycles. The van der Waals surface area contributed by atoms with Gasteiger partial charge in [-0.2, -0.15) is 0 Å². The summed E-state index contributed by atoms with van der Waals surface area (Å²) in [4.78, 5) is 0. The maximum absolute atomic E-state index is 6.76. The van der Waals surface area contributed by atoms with Gasteiger partial charge in [0.15, 0.2) is 0 Å². The van der Waals surface area contributed by atoms with Gasteiger partial charge in [-0.05, 0) is 146 Å². The van der Waals surface area contributed by atoms with E-state index in [-0.39, 0.29) is 6.79 Å². The molecule has 61 heavy (non-hydrogen) atoms. The van der Waals surface area contributed by atoms with E-state index in [1.54, 1.807) is 0 Å². The van der Waals surface area contributed by atoms with E-state index in [0.29, 0.717) is 0 Å². The normalized spacial score (nSPS) is 12.1. The maximum atomic E-state index is 6.76. The highest BCUT2D eigenvalue weighted by Gasteiger charge is 2.32. The molecular weight excluding hydrogens is 779 g/mol. The van der Waals surface area contributed by atoms with E-state index < -0.39 is 15.8 Å². The van der Waals surface area contributed by atoms with Crippen molar-refractivity contribution >= 4 is 37.1 Å². The Labute approximate surface area is 364 Å². The van der Waals surface area contributed by atoms with Crippen LogP contribution in [0.1, 0.15) is 44.5 Å². The first kappa shape index (κ1) is 40.6. The molecule has 1 heterocycles. The predicted octanol–water partition coefficient (Wildman–Crippen LogP) is 13.5. The Morgan fingerprint density at radius 3 is 0.951 bits per heavy atom. The highest BCUT2D eigenvalue weighted by atomic mass is 31.1. The molecule has 8 aromatic carbocycles. The summed E-state index contributed by atoms with van der Waals surface area (Å²) < 4.78 is 13.5. The number of ether oxygens (including phenoxy) is 2. The van der Waals surface area contributed by atoms with Crippen molar-refractivity contribution in [2.45, 2.75) is 53.9 Å². The van der Waals surface area contributed by atoms with Crippen molar-refractivity contribution in [3.8, 4) is 44.9 Å². The summed E-state index contributed by atoms with van der Waals surface area (Å²) in [5.74, 6) is 1.74. The van der Waals surface area contributed by atoms with Crippen LogP contribution in [-0.2, 0) is 12.3 Å². The van der Waals surface area contributed by atoms with Crippen molar-refractivity contribution in [3.63, 3.8) is 0 Å². The van der Waals surface area contributed by atoms with Crippen LogP contribution in [-0.4, -0.2) is 6.79 Å². The Bertz CT molecular complexity index is 2510. The van der Waals surface area contributed by atoms with Gasteiger partial charge in [0, 0.05) is 23.5 Å². The lowest BCUT2D eigenvalue weighted by Crippen LogP contribution is -2.15. The number of fused-ring (bicyclic) bond motifs is 3. The van der Waals surface area contributed by atoms with Gasteiger partial charge in [-0.15, -0.1) is 0 Å². The van der Waals surface area contributed by atoms with Crippen LogP contribution in [0.5, 0.6) is 11.5 Å². The number of aryl methyl sites for hydroxylation is 6. The molecule has 0 fully saturated rings. The summed E-state index contributed by atoms with van der Waals surface area (Å²) >= 11 is 0. The smallest absolute Gasteiger partial charge is 0.230 e. The molecule has 2 nitrogen and oxygen atoms in total. The molecule has 0 spiro atoms. The number of rotatable bonds is 10. The zero-order valence-electron chi connectivity index (χ0n) is 36.0. The van der Waals surface area contributed by atoms with Crippen LogP contribution in [0.25, 0.3) is 33.4 Å². The highest BCUT2D eigenvalue weighted by Crippen LogP contribution is 2.55. The largest absolute Gasteiger partial charge is 0.457 e. The lowest BCUT2D eigenvalue weighted by atomic mass is 9.83. The topological polar surface area (TPSA) is 18.5 Å². The summed E-state index contributed by atoms with van der Waals surface area (Å²) in [5.41, 5.74) is 17.7. The first-order chi connectivity index (χ1) is 29.7. The lowest BCUT2D eigenvalue weighted by molar-refractivity contribution is 0.125. The standard InChI is InChI=1S/C57H52O2P2/c1-38-31-40(3)54(41(4)32-38)48-27-29-52-56(50(48)35-60(44-19-11-7-12-20-44)45-21-13-8-14-22-45)57-51(36-61(46-23-15-9-16-24-46)47-25-17-10-18-26-47)49(28-30-53(57)59-37-58-52)55-42(5)33-39(2)34-43(55)6/h7-34H,35-37H2,1-6H3. The summed E-state index contributed by atoms with van der Waals surface area (Å²) in [6, 6.07) is 63.0. The van der Waals surface area contributed by atoms with Crippen LogP contribution in [0.4, 0.5) is 0 Å². The van der Waals surface area contributed by atoms with Crippen LogP contribution in [0.15, 0.2) is 170 Å². The van der Waals surface area contributed by atoms with Crippen molar-refractivity contribution < 1.29 is 9.47 Å². The SMILES string of the molecule is Cc1cc(C)c(-c2ccc3c(c2CP(c2ccccc2)c2ccccc2)-c2c(ccc(-c4c(C)cc(C)cc4C)c2CP(c2ccccc2)c2ccccc2)OCO3)c(C)c1. The molecule has 0 aliphatic carbocycles. The van der Waals surface area contributed by atoms with Crippen LogP contribution in [0.2, 0.25) is 0 Å². The Hall–Kier alpha value is -5.78. The van der Waals surface area contributed by atoms with Crippen LogP contribution in [0.3, 0.4) is 0 Å². The second kappa shape index (κ2) is 17.7. The second-order valence-electron chi connectivity index (χ2n) is 16.4. The van der Waals surface area contributed by atoms with E-state index >= 15 is 0 Å². The zero-order chi connectivity index (χ0) is 42.0. The second-order valence-corrected chi connectivity index (χ2v) is 20.8. The van der Waals surface area contributed by atoms with E-state index in [9.17, 15) is 0 Å². The third-order valence-corrected chi connectivity index (χ3v) is 17.0. The lowest BCUT2D eigenvalue weighted by Gasteiger charge is -2.28. The molecule has 302 valence electrons. The first-order valence-electron chi connectivity index (χ1n) is 21.2. The minimum atomic E-state index is -0.829. The molecule has 0 atom stereocenters. The predicted molar refractivity (Wildman–Crippen MR) is 263 cm³/mol. The van der Waals surface area contributed by atoms with Crippen LogP contribution < -0.4 is 30.7 Å². The monoisotopic (exact) mass is 830 g/mol. The molecule has 1 aliphatic rings. The van der Waals surface area contributed by atoms with E-state index in [1.807, 2.05) is 0 Å². The molecule has 8 aromatic rings. The molecule has 0 radical (unpaired) electrons. The van der Waals surface area contributed by atoms with Gasteiger partial charge in [0.1, 0.15) is 11.5 Å². The van der Waals surface area contributed by atoms with Crippen LogP contribution >= 0.6 is 15.8 Å². The number of benzene rings is 8. The third kappa shape index (κ3) is 8.21. The van der Waals surface area contributed by atoms with Gasteiger partial charge >= 0.3 is 0 Å². The fraction of sp³-hybridized carbons (Fsp3) is 0.158. The molecule has 4 heteroatoms. The summed E-state index contributed by atoms with van der Waals surface area (Å²) in [6.07, 6.45) is 1.66. The Morgan fingerprint density at radius 2 is 0.656 bits per heavy atom. The Morgan fingerprint density at radius 1 is 0.361 bits per heavy atom. The average Bonchev–Trinajstić information content (AvgIpc) is 3.46. The summed E-state index contributed by atoms with van der Waals surface area (Å²) in [5, 5.41) is 5.42. The van der Waals surface area contributed by atoms with Crippen molar-refractivity contribution in [1.29, 1.82) is 0 Å². The van der Waals surface area contributed by atoms with Gasteiger partial charge in [-0.3, -0.25) is 0 Å². The van der Waals surface area contributed by atoms with Gasteiger partial charge < -0.3 is 9.47 Å². The molecule has 0 bridgehead atoms. The van der Waals surface area contributed by atoms with Crippen LogP contribution in [0, 0.1) is 41.5 Å². The zero-order valence-corrected chi connectivity index (χ0v) is 37.8. The highest BCUT2D eigenvalue weighted by molar-refractivity contribution is 7.72.